The number of hydrogen-bond donors (Lipinski definition) is 4. The van der Waals surface area contributed by atoms with E-state index in [0.29, 0.717) is 43.2 Å². The maximum absolute atomic E-state index is 13.1. The molecule has 5 N–H and O–H groups in total. The molecule has 1 atom stereocenters. The molecule has 4 rings (SSSR count). The number of likely N-dealkylation sites (tertiary alicyclic amines) is 1. The van der Waals surface area contributed by atoms with E-state index in [-0.39, 0.29) is 17.8 Å². The SMILES string of the molecule is CCOc1ccc(CC(=O)N2CCCCC2COc2cccc3c2C(N)=NS(O)(O)N3)cc1. The summed E-state index contributed by atoms with van der Waals surface area (Å²) in [5.41, 5.74) is 7.87. The summed E-state index contributed by atoms with van der Waals surface area (Å²) in [6.45, 7) is 3.55. The van der Waals surface area contributed by atoms with Crippen LogP contribution in [0, 0.1) is 0 Å². The van der Waals surface area contributed by atoms with Crippen molar-refractivity contribution >= 4 is 28.4 Å². The Morgan fingerprint density at radius 1 is 1.21 bits per heavy atom. The first-order chi connectivity index (χ1) is 15.9. The Labute approximate surface area is 195 Å². The lowest BCUT2D eigenvalue weighted by molar-refractivity contribution is -0.134. The molecule has 1 amide bonds. The molecule has 1 fully saturated rings. The Kier molecular flexibility index (Phi) is 6.96. The Bertz CT molecular complexity index is 1030. The van der Waals surface area contributed by atoms with Crippen LogP contribution >= 0.6 is 11.0 Å². The summed E-state index contributed by atoms with van der Waals surface area (Å²) in [7, 11) is -3.36. The molecule has 0 spiro atoms. The molecule has 10 heteroatoms. The molecular weight excluding hydrogens is 444 g/mol. The fourth-order valence-corrected chi connectivity index (χ4v) is 5.06. The molecule has 0 radical (unpaired) electrons. The summed E-state index contributed by atoms with van der Waals surface area (Å²) in [5.74, 6) is 1.36. The Hall–Kier alpha value is -2.95. The number of nitrogens with one attached hydrogen (secondary N) is 1. The normalized spacial score (nSPS) is 20.2. The number of amides is 1. The van der Waals surface area contributed by atoms with E-state index in [4.69, 9.17) is 15.2 Å². The van der Waals surface area contributed by atoms with Crippen LogP contribution in [0.25, 0.3) is 0 Å². The van der Waals surface area contributed by atoms with Gasteiger partial charge >= 0.3 is 0 Å². The number of nitrogens with zero attached hydrogens (tertiary/aromatic N) is 2. The van der Waals surface area contributed by atoms with Gasteiger partial charge in [0.05, 0.1) is 30.3 Å². The van der Waals surface area contributed by atoms with Crippen LogP contribution in [-0.4, -0.2) is 51.5 Å². The highest BCUT2D eigenvalue weighted by atomic mass is 32.3. The molecule has 2 aromatic carbocycles. The smallest absolute Gasteiger partial charge is 0.227 e. The number of rotatable bonds is 7. The highest BCUT2D eigenvalue weighted by molar-refractivity contribution is 8.24. The number of ether oxygens (including phenoxy) is 2. The molecule has 2 aromatic rings. The van der Waals surface area contributed by atoms with Gasteiger partial charge < -0.3 is 20.1 Å². The maximum Gasteiger partial charge on any atom is 0.227 e. The van der Waals surface area contributed by atoms with Gasteiger partial charge in [-0.3, -0.25) is 18.6 Å². The predicted molar refractivity (Wildman–Crippen MR) is 130 cm³/mol. The molecule has 178 valence electrons. The van der Waals surface area contributed by atoms with Gasteiger partial charge in [-0.25, -0.2) is 0 Å². The molecule has 9 nitrogen and oxygen atoms in total. The van der Waals surface area contributed by atoms with E-state index >= 15 is 0 Å². The van der Waals surface area contributed by atoms with Gasteiger partial charge in [0.2, 0.25) is 5.91 Å². The number of anilines is 1. The van der Waals surface area contributed by atoms with Crippen LogP contribution < -0.4 is 19.9 Å². The Morgan fingerprint density at radius 3 is 2.76 bits per heavy atom. The van der Waals surface area contributed by atoms with E-state index in [1.54, 1.807) is 18.2 Å². The predicted octanol–water partition coefficient (Wildman–Crippen LogP) is 3.80. The molecule has 33 heavy (non-hydrogen) atoms. The second kappa shape index (κ2) is 9.90. The van der Waals surface area contributed by atoms with Gasteiger partial charge in [0, 0.05) is 6.54 Å². The van der Waals surface area contributed by atoms with Crippen molar-refractivity contribution in [2.75, 3.05) is 24.5 Å². The minimum atomic E-state index is -3.36. The van der Waals surface area contributed by atoms with Gasteiger partial charge in [-0.05, 0) is 67.0 Å². The fraction of sp³-hybridized carbons (Fsp3) is 0.391. The monoisotopic (exact) mass is 474 g/mol. The molecule has 2 heterocycles. The van der Waals surface area contributed by atoms with Crippen LogP contribution in [0.15, 0.2) is 46.9 Å². The molecule has 0 bridgehead atoms. The average Bonchev–Trinajstić information content (AvgIpc) is 2.78. The summed E-state index contributed by atoms with van der Waals surface area (Å²) < 4.78 is 37.6. The van der Waals surface area contributed by atoms with Crippen molar-refractivity contribution in [2.45, 2.75) is 38.6 Å². The maximum atomic E-state index is 13.1. The van der Waals surface area contributed by atoms with E-state index in [1.165, 1.54) is 0 Å². The summed E-state index contributed by atoms with van der Waals surface area (Å²) in [4.78, 5) is 15.0. The number of carbonyl (C=O) groups is 1. The lowest BCUT2D eigenvalue weighted by atomic mass is 10.0. The van der Waals surface area contributed by atoms with E-state index in [2.05, 4.69) is 9.12 Å². The van der Waals surface area contributed by atoms with E-state index in [0.717, 1.165) is 30.6 Å². The number of fused-ring (bicyclic) bond motifs is 1. The first-order valence-electron chi connectivity index (χ1n) is 11.0. The van der Waals surface area contributed by atoms with Crippen LogP contribution in [0.2, 0.25) is 0 Å². The minimum absolute atomic E-state index is 0.00595. The molecule has 1 saturated heterocycles. The summed E-state index contributed by atoms with van der Waals surface area (Å²) in [5, 5.41) is 0. The Balaban J connectivity index is 1.43. The third-order valence-electron chi connectivity index (χ3n) is 5.72. The molecule has 0 saturated carbocycles. The van der Waals surface area contributed by atoms with Gasteiger partial charge in [0.1, 0.15) is 18.1 Å². The fourth-order valence-electron chi connectivity index (χ4n) is 4.19. The first-order valence-corrected chi connectivity index (χ1v) is 12.6. The van der Waals surface area contributed by atoms with Crippen LogP contribution in [0.5, 0.6) is 11.5 Å². The molecule has 1 unspecified atom stereocenters. The zero-order chi connectivity index (χ0) is 23.4. The van der Waals surface area contributed by atoms with E-state index in [1.807, 2.05) is 36.1 Å². The molecule has 2 aliphatic rings. The highest BCUT2D eigenvalue weighted by Gasteiger charge is 2.29. The van der Waals surface area contributed by atoms with E-state index < -0.39 is 11.0 Å². The largest absolute Gasteiger partial charge is 0.494 e. The number of hydrogen-bond acceptors (Lipinski definition) is 8. The zero-order valence-corrected chi connectivity index (χ0v) is 19.4. The lowest BCUT2D eigenvalue weighted by Crippen LogP contribution is -2.47. The van der Waals surface area contributed by atoms with Crippen LogP contribution in [0.4, 0.5) is 5.69 Å². The second-order valence-corrected chi connectivity index (χ2v) is 9.50. The van der Waals surface area contributed by atoms with Crippen molar-refractivity contribution in [3.05, 3.63) is 53.6 Å². The number of amidine groups is 1. The van der Waals surface area contributed by atoms with Crippen molar-refractivity contribution in [3.63, 3.8) is 0 Å². The van der Waals surface area contributed by atoms with Gasteiger partial charge in [-0.15, -0.1) is 4.40 Å². The van der Waals surface area contributed by atoms with Gasteiger partial charge in [-0.1, -0.05) is 18.2 Å². The van der Waals surface area contributed by atoms with Crippen molar-refractivity contribution in [2.24, 2.45) is 10.1 Å². The molecule has 0 aromatic heterocycles. The van der Waals surface area contributed by atoms with E-state index in [9.17, 15) is 13.9 Å². The summed E-state index contributed by atoms with van der Waals surface area (Å²) in [6.07, 6.45) is 3.17. The second-order valence-electron chi connectivity index (χ2n) is 8.08. The summed E-state index contributed by atoms with van der Waals surface area (Å²) >= 11 is 0. The quantitative estimate of drug-likeness (QED) is 0.480. The third kappa shape index (κ3) is 5.52. The van der Waals surface area contributed by atoms with Crippen molar-refractivity contribution in [1.29, 1.82) is 0 Å². The molecular formula is C23H30N4O5S. The first kappa shape index (κ1) is 23.2. The standard InChI is InChI=1S/C23H30N4O5S/c1-2-31-18-11-9-16(10-12-18)14-21(28)27-13-4-3-6-17(27)15-32-20-8-5-7-19-22(20)23(24)26-33(29,30)25-19/h5,7-12,17,25,29-30H,2-4,6,13-15H2,1H3,(H2,24,26). The van der Waals surface area contributed by atoms with Gasteiger partial charge in [-0.2, -0.15) is 0 Å². The summed E-state index contributed by atoms with van der Waals surface area (Å²) in [6, 6.07) is 12.8. The topological polar surface area (TPSA) is 130 Å². The molecule has 2 aliphatic heterocycles. The molecule has 0 aliphatic carbocycles. The zero-order valence-electron chi connectivity index (χ0n) is 18.6. The van der Waals surface area contributed by atoms with Gasteiger partial charge in [0.25, 0.3) is 0 Å². The van der Waals surface area contributed by atoms with Crippen LogP contribution in [-0.2, 0) is 11.2 Å². The number of piperidine rings is 1. The number of carbonyl (C=O) groups excluding carboxylic acids is 1. The highest BCUT2D eigenvalue weighted by Crippen LogP contribution is 2.46. The van der Waals surface area contributed by atoms with Crippen LogP contribution in [0.3, 0.4) is 0 Å². The van der Waals surface area contributed by atoms with Crippen molar-refractivity contribution in [1.82, 2.24) is 4.90 Å². The average molecular weight is 475 g/mol. The van der Waals surface area contributed by atoms with Crippen molar-refractivity contribution < 1.29 is 23.4 Å². The third-order valence-corrected chi connectivity index (χ3v) is 6.67. The van der Waals surface area contributed by atoms with Gasteiger partial charge in [0.15, 0.2) is 5.84 Å². The number of benzene rings is 2. The van der Waals surface area contributed by atoms with Crippen molar-refractivity contribution in [3.8, 4) is 11.5 Å². The Morgan fingerprint density at radius 2 is 2.00 bits per heavy atom. The minimum Gasteiger partial charge on any atom is -0.494 e. The number of nitrogens with two attached hydrogens (primary N) is 1. The van der Waals surface area contributed by atoms with Crippen LogP contribution in [0.1, 0.15) is 37.3 Å². The lowest BCUT2D eigenvalue weighted by Gasteiger charge is -2.36.